The van der Waals surface area contributed by atoms with Gasteiger partial charge in [0, 0.05) is 12.1 Å². The zero-order valence-electron chi connectivity index (χ0n) is 19.4. The number of nitrogens with zero attached hydrogens (tertiary/aromatic N) is 1. The number of pyridine rings is 1. The molecule has 2 atom stereocenters. The van der Waals surface area contributed by atoms with Gasteiger partial charge in [0.15, 0.2) is 0 Å². The van der Waals surface area contributed by atoms with Gasteiger partial charge in [-0.3, -0.25) is 9.78 Å². The summed E-state index contributed by atoms with van der Waals surface area (Å²) in [5.41, 5.74) is 10.6. The lowest BCUT2D eigenvalue weighted by atomic mass is 9.87. The normalized spacial score (nSPS) is 18.6. The number of ether oxygens (including phenoxy) is 1. The van der Waals surface area contributed by atoms with Crippen LogP contribution < -0.4 is 4.74 Å². The third-order valence-corrected chi connectivity index (χ3v) is 7.33. The van der Waals surface area contributed by atoms with E-state index in [1.54, 1.807) is 0 Å². The molecular formula is C29H31NO3. The quantitative estimate of drug-likeness (QED) is 0.481. The van der Waals surface area contributed by atoms with Crippen molar-refractivity contribution in [3.05, 3.63) is 82.2 Å². The highest BCUT2D eigenvalue weighted by molar-refractivity contribution is 5.76. The second-order valence-corrected chi connectivity index (χ2v) is 9.30. The second kappa shape index (κ2) is 9.01. The van der Waals surface area contributed by atoms with Crippen molar-refractivity contribution in [2.24, 2.45) is 0 Å². The minimum absolute atomic E-state index is 0.0666. The first-order valence-electron chi connectivity index (χ1n) is 12.1. The summed E-state index contributed by atoms with van der Waals surface area (Å²) in [7, 11) is 0. The van der Waals surface area contributed by atoms with Crippen molar-refractivity contribution in [2.45, 2.75) is 64.2 Å². The molecule has 0 saturated heterocycles. The molecule has 0 bridgehead atoms. The van der Waals surface area contributed by atoms with Crippen LogP contribution >= 0.6 is 0 Å². The molecule has 33 heavy (non-hydrogen) atoms. The van der Waals surface area contributed by atoms with Crippen LogP contribution in [0, 0.1) is 0 Å². The van der Waals surface area contributed by atoms with E-state index in [9.17, 15) is 4.79 Å². The number of hydrogen-bond acceptors (Lipinski definition) is 3. The molecule has 170 valence electrons. The number of aliphatic carboxylic acids is 1. The highest BCUT2D eigenvalue weighted by atomic mass is 16.5. The molecule has 2 aliphatic rings. The van der Waals surface area contributed by atoms with Crippen molar-refractivity contribution in [3.63, 3.8) is 0 Å². The van der Waals surface area contributed by atoms with Gasteiger partial charge in [0.25, 0.3) is 0 Å². The second-order valence-electron chi connectivity index (χ2n) is 9.30. The van der Waals surface area contributed by atoms with Crippen molar-refractivity contribution in [2.75, 3.05) is 6.61 Å². The van der Waals surface area contributed by atoms with E-state index in [0.717, 1.165) is 49.1 Å². The predicted octanol–water partition coefficient (Wildman–Crippen LogP) is 6.10. The summed E-state index contributed by atoms with van der Waals surface area (Å²) in [6.45, 7) is 4.90. The monoisotopic (exact) mass is 441 g/mol. The third-order valence-electron chi connectivity index (χ3n) is 7.33. The summed E-state index contributed by atoms with van der Waals surface area (Å²) in [6.07, 6.45) is 7.25. The van der Waals surface area contributed by atoms with Crippen LogP contribution in [0.25, 0.3) is 11.1 Å². The van der Waals surface area contributed by atoms with Gasteiger partial charge in [0.05, 0.1) is 18.7 Å². The fraction of sp³-hybridized carbons (Fsp3) is 0.379. The summed E-state index contributed by atoms with van der Waals surface area (Å²) in [5.74, 6) is 0.273. The Morgan fingerprint density at radius 1 is 1.09 bits per heavy atom. The van der Waals surface area contributed by atoms with Gasteiger partial charge in [0.1, 0.15) is 5.75 Å². The lowest BCUT2D eigenvalue weighted by Gasteiger charge is -2.18. The molecule has 1 unspecified atom stereocenters. The first-order chi connectivity index (χ1) is 16.1. The zero-order valence-corrected chi connectivity index (χ0v) is 19.4. The fourth-order valence-corrected chi connectivity index (χ4v) is 5.72. The standard InChI is InChI=1S/C29H31NO3/c1-3-19-7-5-8-20(4-2)28(19)25-10-6-9-23-21(11-12-24(23)25)13-18-14-26-29(30-16-18)22(17-33-26)15-27(31)32/h5-10,14,16,21-22H,3-4,11-13,15,17H2,1-2H3,(H,31,32)/t21-,22?/m0/s1. The number of fused-ring (bicyclic) bond motifs is 2. The molecule has 0 spiro atoms. The summed E-state index contributed by atoms with van der Waals surface area (Å²) in [4.78, 5) is 15.7. The highest BCUT2D eigenvalue weighted by Crippen LogP contribution is 2.43. The summed E-state index contributed by atoms with van der Waals surface area (Å²) < 4.78 is 5.79. The third kappa shape index (κ3) is 4.03. The summed E-state index contributed by atoms with van der Waals surface area (Å²) >= 11 is 0. The van der Waals surface area contributed by atoms with Crippen LogP contribution in [0.15, 0.2) is 48.7 Å². The molecule has 0 amide bonds. The molecule has 2 heterocycles. The number of benzene rings is 2. The number of aromatic nitrogens is 1. The van der Waals surface area contributed by atoms with Gasteiger partial charge in [-0.2, -0.15) is 0 Å². The Morgan fingerprint density at radius 2 is 1.85 bits per heavy atom. The van der Waals surface area contributed by atoms with E-state index < -0.39 is 5.97 Å². The summed E-state index contributed by atoms with van der Waals surface area (Å²) in [5, 5.41) is 9.12. The Kier molecular flexibility index (Phi) is 5.92. The minimum Gasteiger partial charge on any atom is -0.491 e. The molecule has 5 rings (SSSR count). The van der Waals surface area contributed by atoms with E-state index in [1.165, 1.54) is 33.4 Å². The van der Waals surface area contributed by atoms with Gasteiger partial charge >= 0.3 is 5.97 Å². The van der Waals surface area contributed by atoms with Crippen molar-refractivity contribution < 1.29 is 14.6 Å². The number of rotatable bonds is 7. The van der Waals surface area contributed by atoms with Crippen molar-refractivity contribution in [3.8, 4) is 16.9 Å². The largest absolute Gasteiger partial charge is 0.491 e. The molecule has 1 aromatic heterocycles. The van der Waals surface area contributed by atoms with Gasteiger partial charge in [-0.05, 0) is 83.0 Å². The number of carboxylic acid groups (broad SMARTS) is 1. The van der Waals surface area contributed by atoms with Crippen LogP contribution in [0.3, 0.4) is 0 Å². The van der Waals surface area contributed by atoms with E-state index in [1.807, 2.05) is 6.20 Å². The number of carbonyl (C=O) groups is 1. The predicted molar refractivity (Wildman–Crippen MR) is 130 cm³/mol. The van der Waals surface area contributed by atoms with Crippen molar-refractivity contribution in [1.29, 1.82) is 0 Å². The Balaban J connectivity index is 1.43. The van der Waals surface area contributed by atoms with Crippen LogP contribution in [0.4, 0.5) is 0 Å². The zero-order chi connectivity index (χ0) is 22.9. The van der Waals surface area contributed by atoms with Crippen LogP contribution in [0.1, 0.15) is 72.0 Å². The molecule has 2 aromatic carbocycles. The smallest absolute Gasteiger partial charge is 0.304 e. The van der Waals surface area contributed by atoms with Crippen LogP contribution in [-0.4, -0.2) is 22.7 Å². The summed E-state index contributed by atoms with van der Waals surface area (Å²) in [6, 6.07) is 15.6. The molecule has 0 fully saturated rings. The van der Waals surface area contributed by atoms with Crippen LogP contribution in [0.2, 0.25) is 0 Å². The average molecular weight is 442 g/mol. The molecule has 3 aromatic rings. The van der Waals surface area contributed by atoms with E-state index in [-0.39, 0.29) is 12.3 Å². The first-order valence-corrected chi connectivity index (χ1v) is 12.1. The fourth-order valence-electron chi connectivity index (χ4n) is 5.72. The Bertz CT molecular complexity index is 1180. The topological polar surface area (TPSA) is 59.4 Å². The van der Waals surface area contributed by atoms with Gasteiger partial charge < -0.3 is 9.84 Å². The minimum atomic E-state index is -0.809. The SMILES string of the molecule is CCc1cccc(CC)c1-c1cccc2c1CC[C@H]2Cc1cnc2c(c1)OCC2CC(=O)O. The van der Waals surface area contributed by atoms with E-state index >= 15 is 0 Å². The molecule has 0 radical (unpaired) electrons. The lowest BCUT2D eigenvalue weighted by molar-refractivity contribution is -0.137. The van der Waals surface area contributed by atoms with Crippen molar-refractivity contribution >= 4 is 5.97 Å². The molecule has 1 aliphatic heterocycles. The van der Waals surface area contributed by atoms with E-state index in [4.69, 9.17) is 9.84 Å². The lowest BCUT2D eigenvalue weighted by Crippen LogP contribution is -2.08. The van der Waals surface area contributed by atoms with Crippen LogP contribution in [0.5, 0.6) is 5.75 Å². The Morgan fingerprint density at radius 3 is 2.58 bits per heavy atom. The Labute approximate surface area is 195 Å². The number of aryl methyl sites for hydroxylation is 2. The molecule has 4 heteroatoms. The highest BCUT2D eigenvalue weighted by Gasteiger charge is 2.30. The van der Waals surface area contributed by atoms with Gasteiger partial charge in [0.2, 0.25) is 0 Å². The van der Waals surface area contributed by atoms with E-state index in [0.29, 0.717) is 12.5 Å². The maximum atomic E-state index is 11.1. The maximum Gasteiger partial charge on any atom is 0.304 e. The average Bonchev–Trinajstić information content (AvgIpc) is 3.42. The molecule has 1 N–H and O–H groups in total. The maximum absolute atomic E-state index is 11.1. The molecular weight excluding hydrogens is 410 g/mol. The molecule has 0 saturated carbocycles. The van der Waals surface area contributed by atoms with Gasteiger partial charge in [-0.1, -0.05) is 50.2 Å². The van der Waals surface area contributed by atoms with Crippen molar-refractivity contribution in [1.82, 2.24) is 4.98 Å². The van der Waals surface area contributed by atoms with Crippen LogP contribution in [-0.2, 0) is 30.5 Å². The Hall–Kier alpha value is -3.14. The molecule has 4 nitrogen and oxygen atoms in total. The van der Waals surface area contributed by atoms with Gasteiger partial charge in [-0.15, -0.1) is 0 Å². The number of carboxylic acids is 1. The first kappa shape index (κ1) is 21.7. The molecule has 1 aliphatic carbocycles. The number of hydrogen-bond donors (Lipinski definition) is 1. The van der Waals surface area contributed by atoms with Gasteiger partial charge in [-0.25, -0.2) is 0 Å². The van der Waals surface area contributed by atoms with E-state index in [2.05, 4.69) is 61.3 Å².